The molecular weight excluding hydrogens is 293 g/mol. The second-order valence-electron chi connectivity index (χ2n) is 4.28. The molecule has 0 atom stereocenters. The quantitative estimate of drug-likeness (QED) is 0.893. The van der Waals surface area contributed by atoms with Crippen LogP contribution in [0.5, 0.6) is 0 Å². The highest BCUT2D eigenvalue weighted by atomic mass is 79.9. The summed E-state index contributed by atoms with van der Waals surface area (Å²) >= 11 is 3.50. The van der Waals surface area contributed by atoms with E-state index in [1.807, 2.05) is 30.3 Å². The Morgan fingerprint density at radius 1 is 1.11 bits per heavy atom. The Morgan fingerprint density at radius 2 is 1.89 bits per heavy atom. The molecule has 0 spiro atoms. The van der Waals surface area contributed by atoms with Gasteiger partial charge in [0.15, 0.2) is 0 Å². The monoisotopic (exact) mass is 307 g/mol. The SMILES string of the molecule is Cc1ccc(CNCc2ccccc2Br)cc1F. The third-order valence-corrected chi connectivity index (χ3v) is 3.61. The highest BCUT2D eigenvalue weighted by Gasteiger charge is 2.01. The Morgan fingerprint density at radius 3 is 2.61 bits per heavy atom. The van der Waals surface area contributed by atoms with Crippen LogP contribution in [0.25, 0.3) is 0 Å². The third-order valence-electron chi connectivity index (χ3n) is 2.84. The largest absolute Gasteiger partial charge is 0.309 e. The van der Waals surface area contributed by atoms with Crippen molar-refractivity contribution in [2.75, 3.05) is 0 Å². The van der Waals surface area contributed by atoms with Gasteiger partial charge < -0.3 is 5.32 Å². The molecule has 2 aromatic rings. The molecule has 0 fully saturated rings. The van der Waals surface area contributed by atoms with Gasteiger partial charge in [-0.2, -0.15) is 0 Å². The van der Waals surface area contributed by atoms with Crippen molar-refractivity contribution in [2.45, 2.75) is 20.0 Å². The van der Waals surface area contributed by atoms with Crippen LogP contribution in [0.1, 0.15) is 16.7 Å². The molecule has 1 N–H and O–H groups in total. The minimum atomic E-state index is -0.143. The molecule has 0 bridgehead atoms. The third kappa shape index (κ3) is 3.40. The standard InChI is InChI=1S/C15H15BrFN/c1-11-6-7-12(8-15(11)17)9-18-10-13-4-2-3-5-14(13)16/h2-8,18H,9-10H2,1H3. The van der Waals surface area contributed by atoms with Gasteiger partial charge in [-0.25, -0.2) is 4.39 Å². The van der Waals surface area contributed by atoms with Crippen LogP contribution < -0.4 is 5.32 Å². The zero-order valence-electron chi connectivity index (χ0n) is 10.2. The van der Waals surface area contributed by atoms with Crippen molar-refractivity contribution in [3.05, 3.63) is 69.4 Å². The summed E-state index contributed by atoms with van der Waals surface area (Å²) in [7, 11) is 0. The van der Waals surface area contributed by atoms with E-state index in [4.69, 9.17) is 0 Å². The van der Waals surface area contributed by atoms with Crippen molar-refractivity contribution in [1.29, 1.82) is 0 Å². The molecule has 0 aromatic heterocycles. The van der Waals surface area contributed by atoms with Gasteiger partial charge in [0.1, 0.15) is 5.82 Å². The van der Waals surface area contributed by atoms with Crippen molar-refractivity contribution in [3.8, 4) is 0 Å². The molecule has 0 amide bonds. The second kappa shape index (κ2) is 6.12. The summed E-state index contributed by atoms with van der Waals surface area (Å²) in [5.41, 5.74) is 2.85. The molecule has 0 aliphatic carbocycles. The van der Waals surface area contributed by atoms with E-state index in [1.165, 1.54) is 5.56 Å². The lowest BCUT2D eigenvalue weighted by Crippen LogP contribution is -2.13. The fourth-order valence-corrected chi connectivity index (χ4v) is 2.15. The summed E-state index contributed by atoms with van der Waals surface area (Å²) in [6, 6.07) is 13.4. The maximum atomic E-state index is 13.4. The van der Waals surface area contributed by atoms with Gasteiger partial charge in [-0.05, 0) is 35.7 Å². The lowest BCUT2D eigenvalue weighted by atomic mass is 10.1. The molecule has 2 aromatic carbocycles. The molecule has 94 valence electrons. The first-order valence-electron chi connectivity index (χ1n) is 5.86. The minimum Gasteiger partial charge on any atom is -0.309 e. The second-order valence-corrected chi connectivity index (χ2v) is 5.13. The lowest BCUT2D eigenvalue weighted by Gasteiger charge is -2.07. The van der Waals surface area contributed by atoms with E-state index in [2.05, 4.69) is 27.3 Å². The zero-order valence-corrected chi connectivity index (χ0v) is 11.8. The predicted octanol–water partition coefficient (Wildman–Crippen LogP) is 4.19. The van der Waals surface area contributed by atoms with Gasteiger partial charge in [0.25, 0.3) is 0 Å². The first kappa shape index (κ1) is 13.2. The Hall–Kier alpha value is -1.19. The van der Waals surface area contributed by atoms with Gasteiger partial charge in [0, 0.05) is 17.6 Å². The van der Waals surface area contributed by atoms with Gasteiger partial charge in [-0.15, -0.1) is 0 Å². The molecule has 2 rings (SSSR count). The number of benzene rings is 2. The first-order chi connectivity index (χ1) is 8.66. The number of aryl methyl sites for hydroxylation is 1. The predicted molar refractivity (Wildman–Crippen MR) is 75.8 cm³/mol. The molecular formula is C15H15BrFN. The summed E-state index contributed by atoms with van der Waals surface area (Å²) in [5, 5.41) is 3.31. The summed E-state index contributed by atoms with van der Waals surface area (Å²) in [6.07, 6.45) is 0. The zero-order chi connectivity index (χ0) is 13.0. The van der Waals surface area contributed by atoms with Crippen molar-refractivity contribution in [2.24, 2.45) is 0 Å². The van der Waals surface area contributed by atoms with Crippen LogP contribution in [0.15, 0.2) is 46.9 Å². The fourth-order valence-electron chi connectivity index (χ4n) is 1.73. The molecule has 0 saturated heterocycles. The van der Waals surface area contributed by atoms with Gasteiger partial charge in [-0.1, -0.05) is 46.3 Å². The first-order valence-corrected chi connectivity index (χ1v) is 6.65. The van der Waals surface area contributed by atoms with Gasteiger partial charge in [-0.3, -0.25) is 0 Å². The minimum absolute atomic E-state index is 0.143. The normalized spacial score (nSPS) is 10.6. The molecule has 1 nitrogen and oxygen atoms in total. The van der Waals surface area contributed by atoms with Gasteiger partial charge in [0.05, 0.1) is 0 Å². The highest BCUT2D eigenvalue weighted by Crippen LogP contribution is 2.15. The number of nitrogens with one attached hydrogen (secondary N) is 1. The summed E-state index contributed by atoms with van der Waals surface area (Å²) in [4.78, 5) is 0. The van der Waals surface area contributed by atoms with E-state index >= 15 is 0 Å². The maximum absolute atomic E-state index is 13.4. The van der Waals surface area contributed by atoms with Crippen LogP contribution in [0.3, 0.4) is 0 Å². The van der Waals surface area contributed by atoms with Crippen LogP contribution in [0.2, 0.25) is 0 Å². The molecule has 0 unspecified atom stereocenters. The number of halogens is 2. The number of rotatable bonds is 4. The Bertz CT molecular complexity index is 540. The highest BCUT2D eigenvalue weighted by molar-refractivity contribution is 9.10. The average Bonchev–Trinajstić information content (AvgIpc) is 2.36. The van der Waals surface area contributed by atoms with Crippen molar-refractivity contribution < 1.29 is 4.39 Å². The fraction of sp³-hybridized carbons (Fsp3) is 0.200. The maximum Gasteiger partial charge on any atom is 0.126 e. The van der Waals surface area contributed by atoms with Gasteiger partial charge in [0.2, 0.25) is 0 Å². The van der Waals surface area contributed by atoms with Crippen molar-refractivity contribution in [3.63, 3.8) is 0 Å². The molecule has 18 heavy (non-hydrogen) atoms. The number of hydrogen-bond donors (Lipinski definition) is 1. The Labute approximate surface area is 115 Å². The molecule has 0 aliphatic rings. The van der Waals surface area contributed by atoms with Crippen LogP contribution in [0.4, 0.5) is 4.39 Å². The van der Waals surface area contributed by atoms with E-state index in [0.29, 0.717) is 12.1 Å². The van der Waals surface area contributed by atoms with E-state index < -0.39 is 0 Å². The van der Waals surface area contributed by atoms with Crippen LogP contribution in [-0.2, 0) is 13.1 Å². The van der Waals surface area contributed by atoms with E-state index in [9.17, 15) is 4.39 Å². The van der Waals surface area contributed by atoms with Gasteiger partial charge >= 0.3 is 0 Å². The van der Waals surface area contributed by atoms with Crippen LogP contribution in [0, 0.1) is 12.7 Å². The van der Waals surface area contributed by atoms with Crippen LogP contribution in [-0.4, -0.2) is 0 Å². The summed E-state index contributed by atoms with van der Waals surface area (Å²) < 4.78 is 14.4. The van der Waals surface area contributed by atoms with Crippen molar-refractivity contribution >= 4 is 15.9 Å². The van der Waals surface area contributed by atoms with E-state index in [-0.39, 0.29) is 5.82 Å². The van der Waals surface area contributed by atoms with E-state index in [0.717, 1.165) is 16.6 Å². The molecule has 0 radical (unpaired) electrons. The summed E-state index contributed by atoms with van der Waals surface area (Å²) in [6.45, 7) is 3.20. The smallest absolute Gasteiger partial charge is 0.126 e. The molecule has 3 heteroatoms. The topological polar surface area (TPSA) is 12.0 Å². The summed E-state index contributed by atoms with van der Waals surface area (Å²) in [5.74, 6) is -0.143. The van der Waals surface area contributed by atoms with E-state index in [1.54, 1.807) is 13.0 Å². The molecule has 0 aliphatic heterocycles. The Kier molecular flexibility index (Phi) is 4.50. The Balaban J connectivity index is 1.92. The molecule has 0 heterocycles. The number of hydrogen-bond acceptors (Lipinski definition) is 1. The molecule has 0 saturated carbocycles. The van der Waals surface area contributed by atoms with Crippen LogP contribution >= 0.6 is 15.9 Å². The lowest BCUT2D eigenvalue weighted by molar-refractivity contribution is 0.611. The van der Waals surface area contributed by atoms with Crippen molar-refractivity contribution in [1.82, 2.24) is 5.32 Å². The average molecular weight is 308 g/mol.